The first-order chi connectivity index (χ1) is 21.7. The Kier molecular flexibility index (Phi) is 8.15. The topological polar surface area (TPSA) is 141 Å². The Balaban J connectivity index is 1.16. The summed E-state index contributed by atoms with van der Waals surface area (Å²) in [7, 11) is 0. The molecule has 4 aliphatic heterocycles. The Bertz CT molecular complexity index is 1370. The SMILES string of the molecule is C[C@]12CC[C@@H](O)[C@@](C)(CO)C1CC(N1CCOCC1)C1(CO1)C2C=CC1=CC(=Cc2cnc(N3CCCC3CO)nc2)OC1=O. The van der Waals surface area contributed by atoms with Crippen molar-refractivity contribution >= 4 is 18.0 Å². The second-order valence-corrected chi connectivity index (χ2v) is 14.3. The van der Waals surface area contributed by atoms with E-state index < -0.39 is 17.5 Å². The number of aliphatic hydroxyl groups is 3. The van der Waals surface area contributed by atoms with Crippen LogP contribution in [0.1, 0.15) is 51.5 Å². The first-order valence-electron chi connectivity index (χ1n) is 16.5. The molecule has 1 aromatic heterocycles. The van der Waals surface area contributed by atoms with Crippen molar-refractivity contribution < 1.29 is 34.3 Å². The van der Waals surface area contributed by atoms with Crippen molar-refractivity contribution in [3.05, 3.63) is 47.5 Å². The lowest BCUT2D eigenvalue weighted by molar-refractivity contribution is -0.186. The van der Waals surface area contributed by atoms with E-state index in [1.165, 1.54) is 0 Å². The number of anilines is 1. The molecular formula is C34H46N4O7. The van der Waals surface area contributed by atoms with Crippen LogP contribution in [0.15, 0.2) is 42.0 Å². The van der Waals surface area contributed by atoms with Gasteiger partial charge >= 0.3 is 5.97 Å². The number of carbonyl (C=O) groups is 1. The molecule has 5 fully saturated rings. The second kappa shape index (κ2) is 11.8. The summed E-state index contributed by atoms with van der Waals surface area (Å²) in [4.78, 5) is 26.5. The van der Waals surface area contributed by atoms with E-state index in [4.69, 9.17) is 14.2 Å². The third-order valence-electron chi connectivity index (χ3n) is 11.9. The van der Waals surface area contributed by atoms with Gasteiger partial charge in [-0.15, -0.1) is 0 Å². The number of carbonyl (C=O) groups excluding carboxylic acids is 1. The summed E-state index contributed by atoms with van der Waals surface area (Å²) in [5.74, 6) is 0.647. The molecule has 5 unspecified atom stereocenters. The van der Waals surface area contributed by atoms with E-state index in [9.17, 15) is 20.1 Å². The van der Waals surface area contributed by atoms with Crippen molar-refractivity contribution in [2.45, 2.75) is 69.7 Å². The highest BCUT2D eigenvalue weighted by Gasteiger charge is 2.71. The number of hydrogen-bond donors (Lipinski definition) is 3. The second-order valence-electron chi connectivity index (χ2n) is 14.3. The summed E-state index contributed by atoms with van der Waals surface area (Å²) in [6.45, 7) is 8.79. The zero-order chi connectivity index (χ0) is 31.4. The predicted molar refractivity (Wildman–Crippen MR) is 166 cm³/mol. The molecule has 2 aliphatic carbocycles. The predicted octanol–water partition coefficient (Wildman–Crippen LogP) is 2.08. The number of nitrogens with zero attached hydrogens (tertiary/aromatic N) is 4. The molecule has 11 heteroatoms. The molecule has 3 saturated heterocycles. The van der Waals surface area contributed by atoms with Gasteiger partial charge in [0, 0.05) is 55.0 Å². The average Bonchev–Trinajstić information content (AvgIpc) is 3.52. The molecular weight excluding hydrogens is 576 g/mol. The van der Waals surface area contributed by atoms with Gasteiger partial charge in [0.25, 0.3) is 0 Å². The number of allylic oxidation sites excluding steroid dienone is 1. The number of aromatic nitrogens is 2. The number of aliphatic hydroxyl groups excluding tert-OH is 3. The minimum atomic E-state index is -0.632. The van der Waals surface area contributed by atoms with Crippen LogP contribution in [0.2, 0.25) is 0 Å². The van der Waals surface area contributed by atoms with E-state index in [1.54, 1.807) is 24.5 Å². The molecule has 5 heterocycles. The van der Waals surface area contributed by atoms with Crippen LogP contribution in [0, 0.1) is 22.7 Å². The third-order valence-corrected chi connectivity index (χ3v) is 11.9. The molecule has 0 radical (unpaired) electrons. The van der Waals surface area contributed by atoms with Crippen LogP contribution in [0.25, 0.3) is 6.08 Å². The van der Waals surface area contributed by atoms with Gasteiger partial charge < -0.3 is 34.4 Å². The van der Waals surface area contributed by atoms with Gasteiger partial charge in [-0.1, -0.05) is 26.0 Å². The quantitative estimate of drug-likeness (QED) is 0.304. The fourth-order valence-electron chi connectivity index (χ4n) is 9.24. The van der Waals surface area contributed by atoms with E-state index in [-0.39, 0.29) is 48.1 Å². The van der Waals surface area contributed by atoms with E-state index >= 15 is 0 Å². The van der Waals surface area contributed by atoms with Crippen molar-refractivity contribution in [1.29, 1.82) is 0 Å². The molecule has 244 valence electrons. The van der Waals surface area contributed by atoms with Crippen molar-refractivity contribution in [1.82, 2.24) is 14.9 Å². The first-order valence-corrected chi connectivity index (χ1v) is 16.5. The zero-order valence-electron chi connectivity index (χ0n) is 26.3. The fourth-order valence-corrected chi connectivity index (χ4v) is 9.24. The minimum absolute atomic E-state index is 0.0222. The third kappa shape index (κ3) is 5.25. The molecule has 1 spiro atoms. The molecule has 0 aromatic carbocycles. The maximum Gasteiger partial charge on any atom is 0.343 e. The van der Waals surface area contributed by atoms with Crippen molar-refractivity contribution in [3.63, 3.8) is 0 Å². The van der Waals surface area contributed by atoms with Crippen LogP contribution in [0.5, 0.6) is 0 Å². The number of epoxide rings is 1. The largest absolute Gasteiger partial charge is 0.423 e. The van der Waals surface area contributed by atoms with Crippen molar-refractivity contribution in [2.75, 3.05) is 57.6 Å². The van der Waals surface area contributed by atoms with E-state index in [0.717, 1.165) is 45.3 Å². The Morgan fingerprint density at radius 1 is 1.11 bits per heavy atom. The highest BCUT2D eigenvalue weighted by molar-refractivity contribution is 5.96. The summed E-state index contributed by atoms with van der Waals surface area (Å²) in [5, 5.41) is 31.4. The summed E-state index contributed by atoms with van der Waals surface area (Å²) >= 11 is 0. The van der Waals surface area contributed by atoms with Gasteiger partial charge in [-0.3, -0.25) is 4.90 Å². The molecule has 0 bridgehead atoms. The summed E-state index contributed by atoms with van der Waals surface area (Å²) in [6, 6.07) is 0.172. The Hall–Kier alpha value is -2.67. The first kappa shape index (κ1) is 31.0. The van der Waals surface area contributed by atoms with Crippen LogP contribution < -0.4 is 4.90 Å². The van der Waals surface area contributed by atoms with Crippen LogP contribution in [0.4, 0.5) is 5.95 Å². The van der Waals surface area contributed by atoms with Gasteiger partial charge in [-0.2, -0.15) is 0 Å². The van der Waals surface area contributed by atoms with Gasteiger partial charge in [0.15, 0.2) is 0 Å². The molecule has 45 heavy (non-hydrogen) atoms. The maximum absolute atomic E-state index is 13.0. The van der Waals surface area contributed by atoms with Gasteiger partial charge in [0.2, 0.25) is 5.95 Å². The van der Waals surface area contributed by atoms with Gasteiger partial charge in [-0.25, -0.2) is 14.8 Å². The molecule has 0 amide bonds. The smallest absolute Gasteiger partial charge is 0.343 e. The number of morpholine rings is 1. The highest BCUT2D eigenvalue weighted by atomic mass is 16.6. The van der Waals surface area contributed by atoms with Gasteiger partial charge in [0.1, 0.15) is 11.4 Å². The molecule has 6 aliphatic rings. The Morgan fingerprint density at radius 3 is 2.56 bits per heavy atom. The van der Waals surface area contributed by atoms with Crippen LogP contribution >= 0.6 is 0 Å². The lowest BCUT2D eigenvalue weighted by atomic mass is 9.44. The normalized spacial score (nSPS) is 41.1. The van der Waals surface area contributed by atoms with Crippen LogP contribution in [-0.2, 0) is 19.0 Å². The average molecular weight is 623 g/mol. The van der Waals surface area contributed by atoms with Crippen molar-refractivity contribution in [2.24, 2.45) is 22.7 Å². The molecule has 3 N–H and O–H groups in total. The number of esters is 1. The van der Waals surface area contributed by atoms with Gasteiger partial charge in [0.05, 0.1) is 50.8 Å². The van der Waals surface area contributed by atoms with Gasteiger partial charge in [-0.05, 0) is 55.6 Å². The molecule has 8 atom stereocenters. The number of cyclic esters (lactones) is 1. The number of hydrogen-bond acceptors (Lipinski definition) is 11. The fraction of sp³-hybridized carbons (Fsp3) is 0.676. The van der Waals surface area contributed by atoms with Crippen LogP contribution in [0.3, 0.4) is 0 Å². The summed E-state index contributed by atoms with van der Waals surface area (Å²) in [6.07, 6.45) is 14.6. The monoisotopic (exact) mass is 622 g/mol. The molecule has 1 aromatic rings. The van der Waals surface area contributed by atoms with E-state index in [1.807, 2.05) is 17.9 Å². The highest BCUT2D eigenvalue weighted by Crippen LogP contribution is 2.66. The van der Waals surface area contributed by atoms with Crippen LogP contribution in [-0.4, -0.2) is 113 Å². The number of rotatable bonds is 7. The number of ether oxygens (including phenoxy) is 3. The summed E-state index contributed by atoms with van der Waals surface area (Å²) < 4.78 is 17.7. The van der Waals surface area contributed by atoms with Crippen molar-refractivity contribution in [3.8, 4) is 0 Å². The minimum Gasteiger partial charge on any atom is -0.423 e. The lowest BCUT2D eigenvalue weighted by Crippen LogP contribution is -2.67. The Morgan fingerprint density at radius 2 is 1.87 bits per heavy atom. The van der Waals surface area contributed by atoms with E-state index in [2.05, 4.69) is 27.9 Å². The Labute approximate surface area is 264 Å². The lowest BCUT2D eigenvalue weighted by Gasteiger charge is -2.63. The maximum atomic E-state index is 13.0. The zero-order valence-corrected chi connectivity index (χ0v) is 26.3. The summed E-state index contributed by atoms with van der Waals surface area (Å²) in [5.41, 5.74) is -0.0758. The number of fused-ring (bicyclic) bond motifs is 1. The molecule has 2 saturated carbocycles. The molecule has 7 rings (SSSR count). The standard InChI is InChI=1S/C34H46N4O7/c1-32-8-7-29(41)33(2,20-40)27(32)16-28(37-10-12-43-13-11-37)34(21-44-34)26(32)6-5-23-15-25(45-30(23)42)14-22-17-35-31(36-18-22)38-9-3-4-24(38)19-39/h5-6,14-15,17-18,24,26-29,39-41H,3-4,7-13,16,19-21H2,1-2H3/t24?,26?,27?,28?,29-,32-,33+,34?/m1/s1. The molecule has 11 nitrogen and oxygen atoms in total. The van der Waals surface area contributed by atoms with E-state index in [0.29, 0.717) is 49.1 Å².